The third kappa shape index (κ3) is 7.43. The molecule has 0 heterocycles. The van der Waals surface area contributed by atoms with Gasteiger partial charge in [0.15, 0.2) is 0 Å². The number of amides is 2. The number of hydrogen-bond acceptors (Lipinski definition) is 4. The van der Waals surface area contributed by atoms with Gasteiger partial charge in [0.2, 0.25) is 11.8 Å². The van der Waals surface area contributed by atoms with Gasteiger partial charge in [0.1, 0.15) is 6.42 Å². The zero-order valence-electron chi connectivity index (χ0n) is 11.8. The molecule has 0 bridgehead atoms. The van der Waals surface area contributed by atoms with Crippen molar-refractivity contribution < 1.29 is 14.3 Å². The van der Waals surface area contributed by atoms with Crippen LogP contribution in [-0.2, 0) is 14.3 Å². The largest absolute Gasteiger partial charge is 0.385 e. The van der Waals surface area contributed by atoms with E-state index in [0.717, 1.165) is 0 Å². The first-order valence-electron chi connectivity index (χ1n) is 6.45. The molecule has 0 spiro atoms. The fourth-order valence-corrected chi connectivity index (χ4v) is 1.63. The van der Waals surface area contributed by atoms with Gasteiger partial charge in [-0.05, 0) is 12.5 Å². The van der Waals surface area contributed by atoms with Crippen LogP contribution in [0.1, 0.15) is 18.4 Å². The lowest BCUT2D eigenvalue weighted by Gasteiger charge is -2.04. The highest BCUT2D eigenvalue weighted by Crippen LogP contribution is 2.11. The quantitative estimate of drug-likeness (QED) is 0.329. The number of ether oxygens (including phenoxy) is 1. The fraction of sp³-hybridized carbons (Fsp3) is 0.357. The van der Waals surface area contributed by atoms with Crippen LogP contribution >= 0.6 is 11.6 Å². The lowest BCUT2D eigenvalue weighted by molar-refractivity contribution is -0.129. The monoisotopic (exact) mass is 311 g/mol. The van der Waals surface area contributed by atoms with Gasteiger partial charge < -0.3 is 10.1 Å². The molecule has 0 saturated carbocycles. The third-order valence-electron chi connectivity index (χ3n) is 2.47. The Kier molecular flexibility index (Phi) is 8.08. The molecule has 21 heavy (non-hydrogen) atoms. The number of carbonyl (C=O) groups excluding carboxylic acids is 2. The molecule has 0 aromatic heterocycles. The number of methoxy groups -OCH3 is 1. The molecule has 2 N–H and O–H groups in total. The summed E-state index contributed by atoms with van der Waals surface area (Å²) in [4.78, 5) is 22.9. The summed E-state index contributed by atoms with van der Waals surface area (Å²) in [5.74, 6) is -0.834. The Balaban J connectivity index is 2.27. The predicted octanol–water partition coefficient (Wildman–Crippen LogP) is 1.33. The van der Waals surface area contributed by atoms with Crippen LogP contribution < -0.4 is 10.7 Å². The second-order valence-corrected chi connectivity index (χ2v) is 4.59. The van der Waals surface area contributed by atoms with Gasteiger partial charge in [0.05, 0.1) is 6.21 Å². The maximum absolute atomic E-state index is 11.5. The SMILES string of the molecule is COCCCNC(=O)CC(=O)N/N=C\c1ccccc1Cl. The van der Waals surface area contributed by atoms with Crippen molar-refractivity contribution in [1.29, 1.82) is 0 Å². The third-order valence-corrected chi connectivity index (χ3v) is 2.81. The number of halogens is 1. The number of nitrogens with one attached hydrogen (secondary N) is 2. The summed E-state index contributed by atoms with van der Waals surface area (Å²) in [5.41, 5.74) is 2.96. The molecule has 0 unspecified atom stereocenters. The van der Waals surface area contributed by atoms with E-state index in [9.17, 15) is 9.59 Å². The molecule has 2 amide bonds. The van der Waals surface area contributed by atoms with Crippen LogP contribution in [0.3, 0.4) is 0 Å². The van der Waals surface area contributed by atoms with Crippen molar-refractivity contribution in [1.82, 2.24) is 10.7 Å². The van der Waals surface area contributed by atoms with Gasteiger partial charge in [-0.3, -0.25) is 9.59 Å². The van der Waals surface area contributed by atoms with E-state index >= 15 is 0 Å². The summed E-state index contributed by atoms with van der Waals surface area (Å²) in [6, 6.07) is 7.09. The molecule has 0 radical (unpaired) electrons. The van der Waals surface area contributed by atoms with Crippen molar-refractivity contribution in [2.24, 2.45) is 5.10 Å². The van der Waals surface area contributed by atoms with Crippen LogP contribution in [0.2, 0.25) is 5.02 Å². The highest BCUT2D eigenvalue weighted by molar-refractivity contribution is 6.33. The Hall–Kier alpha value is -1.92. The molecule has 0 aliphatic rings. The molecular formula is C14H18ClN3O3. The highest BCUT2D eigenvalue weighted by Gasteiger charge is 2.07. The zero-order valence-corrected chi connectivity index (χ0v) is 12.5. The van der Waals surface area contributed by atoms with Crippen molar-refractivity contribution in [2.45, 2.75) is 12.8 Å². The molecule has 1 aromatic carbocycles. The first kappa shape index (κ1) is 17.1. The van der Waals surface area contributed by atoms with Crippen molar-refractivity contribution in [3.63, 3.8) is 0 Å². The molecular weight excluding hydrogens is 294 g/mol. The Morgan fingerprint density at radius 1 is 1.33 bits per heavy atom. The molecule has 0 aliphatic carbocycles. The molecule has 7 heteroatoms. The van der Waals surface area contributed by atoms with E-state index in [1.54, 1.807) is 25.3 Å². The van der Waals surface area contributed by atoms with Gasteiger partial charge in [-0.25, -0.2) is 5.43 Å². The van der Waals surface area contributed by atoms with E-state index in [2.05, 4.69) is 15.8 Å². The first-order chi connectivity index (χ1) is 10.1. The van der Waals surface area contributed by atoms with E-state index in [4.69, 9.17) is 16.3 Å². The summed E-state index contributed by atoms with van der Waals surface area (Å²) in [7, 11) is 1.59. The number of hydrogen-bond donors (Lipinski definition) is 2. The van der Waals surface area contributed by atoms with E-state index < -0.39 is 5.91 Å². The average Bonchev–Trinajstić information content (AvgIpc) is 2.45. The van der Waals surface area contributed by atoms with E-state index in [1.165, 1.54) is 6.21 Å². The normalized spacial score (nSPS) is 10.6. The standard InChI is InChI=1S/C14H18ClN3O3/c1-21-8-4-7-16-13(19)9-14(20)18-17-10-11-5-2-3-6-12(11)15/h2-3,5-6,10H,4,7-9H2,1H3,(H,16,19)(H,18,20)/b17-10-. The maximum atomic E-state index is 11.5. The van der Waals surface area contributed by atoms with Crippen LogP contribution in [0, 0.1) is 0 Å². The molecule has 6 nitrogen and oxygen atoms in total. The topological polar surface area (TPSA) is 79.8 Å². The number of benzene rings is 1. The number of carbonyl (C=O) groups is 2. The Bertz CT molecular complexity index is 506. The van der Waals surface area contributed by atoms with Crippen molar-refractivity contribution in [3.8, 4) is 0 Å². The van der Waals surface area contributed by atoms with Crippen molar-refractivity contribution in [3.05, 3.63) is 34.9 Å². The summed E-state index contributed by atoms with van der Waals surface area (Å²) in [6.45, 7) is 1.04. The predicted molar refractivity (Wildman–Crippen MR) is 81.3 cm³/mol. The van der Waals surface area contributed by atoms with E-state index in [1.807, 2.05) is 6.07 Å². The minimum absolute atomic E-state index is 0.271. The lowest BCUT2D eigenvalue weighted by Crippen LogP contribution is -2.30. The number of nitrogens with zero attached hydrogens (tertiary/aromatic N) is 1. The number of hydrazone groups is 1. The number of rotatable bonds is 8. The molecule has 114 valence electrons. The van der Waals surface area contributed by atoms with Crippen LogP contribution in [0.4, 0.5) is 0 Å². The smallest absolute Gasteiger partial charge is 0.249 e. The Morgan fingerprint density at radius 3 is 2.81 bits per heavy atom. The summed E-state index contributed by atoms with van der Waals surface area (Å²) in [5, 5.41) is 6.90. The van der Waals surface area contributed by atoms with E-state index in [0.29, 0.717) is 30.2 Å². The summed E-state index contributed by atoms with van der Waals surface area (Å²) < 4.78 is 4.85. The van der Waals surface area contributed by atoms with Crippen molar-refractivity contribution >= 4 is 29.6 Å². The molecule has 0 fully saturated rings. The Labute approximate surface area is 128 Å². The second kappa shape index (κ2) is 9.90. The molecule has 0 atom stereocenters. The Morgan fingerprint density at radius 2 is 2.10 bits per heavy atom. The van der Waals surface area contributed by atoms with Crippen molar-refractivity contribution in [2.75, 3.05) is 20.3 Å². The van der Waals surface area contributed by atoms with Gasteiger partial charge in [-0.2, -0.15) is 5.10 Å². The van der Waals surface area contributed by atoms with Crippen LogP contribution in [-0.4, -0.2) is 38.3 Å². The van der Waals surface area contributed by atoms with Gasteiger partial charge in [0, 0.05) is 30.8 Å². The van der Waals surface area contributed by atoms with Crippen LogP contribution in [0.15, 0.2) is 29.4 Å². The minimum Gasteiger partial charge on any atom is -0.385 e. The van der Waals surface area contributed by atoms with Gasteiger partial charge in [-0.1, -0.05) is 29.8 Å². The summed E-state index contributed by atoms with van der Waals surface area (Å²) >= 11 is 5.93. The minimum atomic E-state index is -0.484. The highest BCUT2D eigenvalue weighted by atomic mass is 35.5. The molecule has 1 rings (SSSR count). The average molecular weight is 312 g/mol. The fourth-order valence-electron chi connectivity index (χ4n) is 1.45. The molecule has 0 saturated heterocycles. The van der Waals surface area contributed by atoms with E-state index in [-0.39, 0.29) is 12.3 Å². The lowest BCUT2D eigenvalue weighted by atomic mass is 10.2. The van der Waals surface area contributed by atoms with Crippen LogP contribution in [0.5, 0.6) is 0 Å². The zero-order chi connectivity index (χ0) is 15.5. The molecule has 1 aromatic rings. The second-order valence-electron chi connectivity index (χ2n) is 4.19. The van der Waals surface area contributed by atoms with Gasteiger partial charge >= 0.3 is 0 Å². The van der Waals surface area contributed by atoms with Gasteiger partial charge in [-0.15, -0.1) is 0 Å². The van der Waals surface area contributed by atoms with Crippen LogP contribution in [0.25, 0.3) is 0 Å². The summed E-state index contributed by atoms with van der Waals surface area (Å²) in [6.07, 6.45) is 1.86. The van der Waals surface area contributed by atoms with Gasteiger partial charge in [0.25, 0.3) is 0 Å². The first-order valence-corrected chi connectivity index (χ1v) is 6.83. The maximum Gasteiger partial charge on any atom is 0.249 e. The molecule has 0 aliphatic heterocycles.